The number of aryl methyl sites for hydroxylation is 1. The molecule has 27 heavy (non-hydrogen) atoms. The van der Waals surface area contributed by atoms with Crippen LogP contribution in [-0.4, -0.2) is 60.2 Å². The van der Waals surface area contributed by atoms with E-state index in [0.29, 0.717) is 25.5 Å². The minimum absolute atomic E-state index is 0.0220. The summed E-state index contributed by atoms with van der Waals surface area (Å²) in [6.07, 6.45) is 1.39. The van der Waals surface area contributed by atoms with E-state index in [9.17, 15) is 9.18 Å². The van der Waals surface area contributed by atoms with Crippen LogP contribution in [0, 0.1) is 12.7 Å². The van der Waals surface area contributed by atoms with Gasteiger partial charge in [0, 0.05) is 38.9 Å². The van der Waals surface area contributed by atoms with E-state index in [1.54, 1.807) is 23.1 Å². The number of amides is 1. The fourth-order valence-corrected chi connectivity index (χ4v) is 3.10. The first-order valence-electron chi connectivity index (χ1n) is 8.77. The second-order valence-corrected chi connectivity index (χ2v) is 6.57. The smallest absolute Gasteiger partial charge is 0.248 e. The van der Waals surface area contributed by atoms with Crippen molar-refractivity contribution >= 4 is 11.7 Å². The standard InChI is InChI=1S/C19H23FN4O3/c1-13-4-5-15(20)16(8-13)27-18-9-17(21-12-22-18)23-6-7-24(14(2)10-23)19(25)11-26-3/h4-5,8-9,12,14H,6-7,10-11H2,1-3H3/t14-/m1/s1. The number of piperazine rings is 1. The average molecular weight is 374 g/mol. The van der Waals surface area contributed by atoms with Crippen LogP contribution in [0.4, 0.5) is 10.2 Å². The molecule has 0 bridgehead atoms. The van der Waals surface area contributed by atoms with Crippen molar-refractivity contribution < 1.29 is 18.7 Å². The lowest BCUT2D eigenvalue weighted by Gasteiger charge is -2.40. The van der Waals surface area contributed by atoms with Crippen LogP contribution in [0.3, 0.4) is 0 Å². The maximum atomic E-state index is 13.9. The molecule has 0 aliphatic carbocycles. The first-order valence-corrected chi connectivity index (χ1v) is 8.77. The summed E-state index contributed by atoms with van der Waals surface area (Å²) >= 11 is 0. The van der Waals surface area contributed by atoms with Gasteiger partial charge in [-0.3, -0.25) is 4.79 Å². The molecular weight excluding hydrogens is 351 g/mol. The number of halogens is 1. The molecule has 1 amide bonds. The summed E-state index contributed by atoms with van der Waals surface area (Å²) in [6.45, 7) is 5.78. The van der Waals surface area contributed by atoms with Crippen LogP contribution in [0.2, 0.25) is 0 Å². The average Bonchev–Trinajstić information content (AvgIpc) is 2.65. The minimum Gasteiger partial charge on any atom is -0.436 e. The molecule has 2 aromatic rings. The van der Waals surface area contributed by atoms with E-state index in [1.807, 2.05) is 13.8 Å². The van der Waals surface area contributed by atoms with Crippen LogP contribution in [0.1, 0.15) is 12.5 Å². The molecule has 1 aromatic carbocycles. The number of nitrogens with zero attached hydrogens (tertiary/aromatic N) is 4. The van der Waals surface area contributed by atoms with Crippen LogP contribution in [0.25, 0.3) is 0 Å². The predicted octanol–water partition coefficient (Wildman–Crippen LogP) is 2.40. The Morgan fingerprint density at radius 2 is 2.11 bits per heavy atom. The Hall–Kier alpha value is -2.74. The van der Waals surface area contributed by atoms with E-state index >= 15 is 0 Å². The number of methoxy groups -OCH3 is 1. The van der Waals surface area contributed by atoms with Crippen molar-refractivity contribution in [1.82, 2.24) is 14.9 Å². The molecule has 8 heteroatoms. The molecule has 1 aliphatic rings. The maximum Gasteiger partial charge on any atom is 0.248 e. The molecule has 0 unspecified atom stereocenters. The lowest BCUT2D eigenvalue weighted by Crippen LogP contribution is -2.55. The molecule has 1 fully saturated rings. The summed E-state index contributed by atoms with van der Waals surface area (Å²) in [6, 6.07) is 6.37. The van der Waals surface area contributed by atoms with E-state index in [2.05, 4.69) is 14.9 Å². The molecule has 1 atom stereocenters. The van der Waals surface area contributed by atoms with Crippen molar-refractivity contribution in [2.75, 3.05) is 38.3 Å². The summed E-state index contributed by atoms with van der Waals surface area (Å²) in [4.78, 5) is 24.3. The van der Waals surface area contributed by atoms with Gasteiger partial charge in [-0.2, -0.15) is 0 Å². The van der Waals surface area contributed by atoms with Crippen LogP contribution < -0.4 is 9.64 Å². The Bertz CT molecular complexity index is 817. The van der Waals surface area contributed by atoms with Crippen molar-refractivity contribution in [1.29, 1.82) is 0 Å². The van der Waals surface area contributed by atoms with Crippen LogP contribution in [0.15, 0.2) is 30.6 Å². The summed E-state index contributed by atoms with van der Waals surface area (Å²) in [5.74, 6) is 0.614. The van der Waals surface area contributed by atoms with Gasteiger partial charge >= 0.3 is 0 Å². The van der Waals surface area contributed by atoms with Gasteiger partial charge in [-0.25, -0.2) is 14.4 Å². The zero-order valence-corrected chi connectivity index (χ0v) is 15.7. The number of ether oxygens (including phenoxy) is 2. The third-order valence-corrected chi connectivity index (χ3v) is 4.47. The molecular formula is C19H23FN4O3. The van der Waals surface area contributed by atoms with Gasteiger partial charge in [0.15, 0.2) is 11.6 Å². The van der Waals surface area contributed by atoms with Gasteiger partial charge in [0.05, 0.1) is 0 Å². The second kappa shape index (κ2) is 8.30. The number of hydrogen-bond acceptors (Lipinski definition) is 6. The summed E-state index contributed by atoms with van der Waals surface area (Å²) in [7, 11) is 1.51. The summed E-state index contributed by atoms with van der Waals surface area (Å²) < 4.78 is 24.5. The van der Waals surface area contributed by atoms with Crippen molar-refractivity contribution in [3.05, 3.63) is 42.0 Å². The Kier molecular flexibility index (Phi) is 5.85. The highest BCUT2D eigenvalue weighted by Gasteiger charge is 2.28. The Balaban J connectivity index is 1.71. The SMILES string of the molecule is COCC(=O)N1CCN(c2cc(Oc3cc(C)ccc3F)ncn2)C[C@H]1C. The maximum absolute atomic E-state index is 13.9. The molecule has 7 nitrogen and oxygen atoms in total. The van der Waals surface area contributed by atoms with Crippen LogP contribution in [-0.2, 0) is 9.53 Å². The Labute approximate surface area is 157 Å². The fraction of sp³-hybridized carbons (Fsp3) is 0.421. The normalized spacial score (nSPS) is 17.1. The highest BCUT2D eigenvalue weighted by molar-refractivity contribution is 5.78. The van der Waals surface area contributed by atoms with Crippen molar-refractivity contribution in [2.45, 2.75) is 19.9 Å². The van der Waals surface area contributed by atoms with Crippen molar-refractivity contribution in [2.24, 2.45) is 0 Å². The number of anilines is 1. The fourth-order valence-electron chi connectivity index (χ4n) is 3.10. The molecule has 2 heterocycles. The molecule has 0 radical (unpaired) electrons. The number of hydrogen-bond donors (Lipinski definition) is 0. The molecule has 1 aliphatic heterocycles. The third-order valence-electron chi connectivity index (χ3n) is 4.47. The number of carbonyl (C=O) groups is 1. The molecule has 0 N–H and O–H groups in total. The molecule has 0 saturated carbocycles. The van der Waals surface area contributed by atoms with Gasteiger partial charge in [0.2, 0.25) is 11.8 Å². The van der Waals surface area contributed by atoms with E-state index in [4.69, 9.17) is 9.47 Å². The first-order chi connectivity index (χ1) is 13.0. The molecule has 1 saturated heterocycles. The second-order valence-electron chi connectivity index (χ2n) is 6.57. The summed E-state index contributed by atoms with van der Waals surface area (Å²) in [5.41, 5.74) is 0.895. The highest BCUT2D eigenvalue weighted by atomic mass is 19.1. The largest absolute Gasteiger partial charge is 0.436 e. The number of aromatic nitrogens is 2. The Morgan fingerprint density at radius 3 is 2.85 bits per heavy atom. The summed E-state index contributed by atoms with van der Waals surface area (Å²) in [5, 5.41) is 0. The van der Waals surface area contributed by atoms with Gasteiger partial charge in [-0.15, -0.1) is 0 Å². The van der Waals surface area contributed by atoms with Gasteiger partial charge < -0.3 is 19.3 Å². The minimum atomic E-state index is -0.445. The highest BCUT2D eigenvalue weighted by Crippen LogP contribution is 2.26. The molecule has 144 valence electrons. The lowest BCUT2D eigenvalue weighted by molar-refractivity contribution is -0.137. The number of carbonyl (C=O) groups excluding carboxylic acids is 1. The topological polar surface area (TPSA) is 67.8 Å². The first kappa shape index (κ1) is 19.0. The predicted molar refractivity (Wildman–Crippen MR) is 98.5 cm³/mol. The van der Waals surface area contributed by atoms with E-state index in [0.717, 1.165) is 5.56 Å². The quantitative estimate of drug-likeness (QED) is 0.801. The van der Waals surface area contributed by atoms with E-state index in [-0.39, 0.29) is 30.2 Å². The van der Waals surface area contributed by atoms with E-state index < -0.39 is 5.82 Å². The van der Waals surface area contributed by atoms with Gasteiger partial charge in [-0.05, 0) is 31.5 Å². The van der Waals surface area contributed by atoms with E-state index in [1.165, 1.54) is 19.5 Å². The van der Waals surface area contributed by atoms with Gasteiger partial charge in [-0.1, -0.05) is 6.07 Å². The number of rotatable bonds is 5. The Morgan fingerprint density at radius 1 is 1.30 bits per heavy atom. The third kappa shape index (κ3) is 4.51. The molecule has 0 spiro atoms. The van der Waals surface area contributed by atoms with Crippen molar-refractivity contribution in [3.63, 3.8) is 0 Å². The monoisotopic (exact) mass is 374 g/mol. The van der Waals surface area contributed by atoms with Gasteiger partial charge in [0.1, 0.15) is 18.8 Å². The molecule has 3 rings (SSSR count). The zero-order chi connectivity index (χ0) is 19.4. The zero-order valence-electron chi connectivity index (χ0n) is 15.7. The van der Waals surface area contributed by atoms with Crippen LogP contribution in [0.5, 0.6) is 11.6 Å². The van der Waals surface area contributed by atoms with Crippen molar-refractivity contribution in [3.8, 4) is 11.6 Å². The lowest BCUT2D eigenvalue weighted by atomic mass is 10.2. The number of benzene rings is 1. The van der Waals surface area contributed by atoms with Gasteiger partial charge in [0.25, 0.3) is 0 Å². The van der Waals surface area contributed by atoms with Crippen LogP contribution >= 0.6 is 0 Å². The molecule has 1 aromatic heterocycles.